The second-order valence-electron chi connectivity index (χ2n) is 4.44. The van der Waals surface area contributed by atoms with Crippen LogP contribution in [0, 0.1) is 0 Å². The number of pyridine rings is 1. The lowest BCUT2D eigenvalue weighted by molar-refractivity contribution is 0.429. The van der Waals surface area contributed by atoms with E-state index in [0.717, 1.165) is 12.1 Å². The molecular weight excluding hydrogens is 230 g/mol. The molecule has 0 unspecified atom stereocenters. The lowest BCUT2D eigenvalue weighted by Gasteiger charge is -2.08. The molecule has 6 heteroatoms. The SMILES string of the molecule is Cn1cnc(Oc2cnccc2CNC2CC2)n1. The number of nitrogens with one attached hydrogen (secondary N) is 1. The van der Waals surface area contributed by atoms with Crippen molar-refractivity contribution in [2.24, 2.45) is 7.05 Å². The summed E-state index contributed by atoms with van der Waals surface area (Å²) in [6.07, 6.45) is 7.60. The zero-order valence-corrected chi connectivity index (χ0v) is 10.2. The minimum atomic E-state index is 0.346. The molecule has 0 spiro atoms. The van der Waals surface area contributed by atoms with E-state index in [0.29, 0.717) is 17.8 Å². The van der Waals surface area contributed by atoms with Crippen molar-refractivity contribution in [1.82, 2.24) is 25.1 Å². The molecule has 2 heterocycles. The molecule has 0 saturated heterocycles. The van der Waals surface area contributed by atoms with Gasteiger partial charge in [-0.15, -0.1) is 5.10 Å². The Morgan fingerprint density at radius 2 is 2.39 bits per heavy atom. The maximum absolute atomic E-state index is 5.64. The summed E-state index contributed by atoms with van der Waals surface area (Å²) in [7, 11) is 1.80. The summed E-state index contributed by atoms with van der Waals surface area (Å²) in [5.41, 5.74) is 1.07. The molecule has 0 aliphatic heterocycles. The zero-order chi connectivity index (χ0) is 12.4. The van der Waals surface area contributed by atoms with Gasteiger partial charge in [-0.1, -0.05) is 0 Å². The van der Waals surface area contributed by atoms with E-state index in [1.54, 1.807) is 30.5 Å². The van der Waals surface area contributed by atoms with Crippen molar-refractivity contribution in [2.45, 2.75) is 25.4 Å². The summed E-state index contributed by atoms with van der Waals surface area (Å²) in [5.74, 6) is 0.705. The first-order valence-electron chi connectivity index (χ1n) is 6.01. The highest BCUT2D eigenvalue weighted by molar-refractivity contribution is 5.31. The van der Waals surface area contributed by atoms with Crippen LogP contribution < -0.4 is 10.1 Å². The van der Waals surface area contributed by atoms with E-state index >= 15 is 0 Å². The Bertz CT molecular complexity index is 535. The van der Waals surface area contributed by atoms with Gasteiger partial charge in [0.25, 0.3) is 0 Å². The maximum atomic E-state index is 5.64. The van der Waals surface area contributed by atoms with Gasteiger partial charge in [-0.25, -0.2) is 0 Å². The molecule has 1 aliphatic carbocycles. The summed E-state index contributed by atoms with van der Waals surface area (Å²) < 4.78 is 7.24. The molecule has 0 atom stereocenters. The third-order valence-corrected chi connectivity index (χ3v) is 2.81. The normalized spacial score (nSPS) is 14.7. The number of rotatable bonds is 5. The van der Waals surface area contributed by atoms with Crippen LogP contribution in [0.2, 0.25) is 0 Å². The van der Waals surface area contributed by atoms with Crippen molar-refractivity contribution in [3.05, 3.63) is 30.4 Å². The molecular formula is C12H15N5O. The molecule has 2 aromatic rings. The highest BCUT2D eigenvalue weighted by Crippen LogP contribution is 2.24. The summed E-state index contributed by atoms with van der Waals surface area (Å²) in [6.45, 7) is 0.787. The van der Waals surface area contributed by atoms with Gasteiger partial charge in [-0.05, 0) is 18.9 Å². The average molecular weight is 245 g/mol. The number of hydrogen-bond acceptors (Lipinski definition) is 5. The van der Waals surface area contributed by atoms with Gasteiger partial charge in [0.1, 0.15) is 6.33 Å². The largest absolute Gasteiger partial charge is 0.421 e. The van der Waals surface area contributed by atoms with E-state index in [2.05, 4.69) is 20.4 Å². The Morgan fingerprint density at radius 3 is 3.11 bits per heavy atom. The van der Waals surface area contributed by atoms with Crippen molar-refractivity contribution in [3.8, 4) is 11.8 Å². The smallest absolute Gasteiger partial charge is 0.341 e. The van der Waals surface area contributed by atoms with Crippen LogP contribution in [0.15, 0.2) is 24.8 Å². The van der Waals surface area contributed by atoms with Gasteiger partial charge in [0.2, 0.25) is 0 Å². The van der Waals surface area contributed by atoms with Crippen molar-refractivity contribution in [2.75, 3.05) is 0 Å². The predicted octanol–water partition coefficient (Wildman–Crippen LogP) is 1.25. The van der Waals surface area contributed by atoms with Crippen LogP contribution >= 0.6 is 0 Å². The minimum Gasteiger partial charge on any atom is -0.421 e. The molecule has 1 aliphatic rings. The molecule has 3 rings (SSSR count). The fourth-order valence-electron chi connectivity index (χ4n) is 1.65. The molecule has 94 valence electrons. The molecule has 6 nitrogen and oxygen atoms in total. The van der Waals surface area contributed by atoms with Gasteiger partial charge in [-0.2, -0.15) is 4.98 Å². The second kappa shape index (κ2) is 4.73. The molecule has 2 aromatic heterocycles. The second-order valence-corrected chi connectivity index (χ2v) is 4.44. The summed E-state index contributed by atoms with van der Waals surface area (Å²) in [4.78, 5) is 8.12. The van der Waals surface area contributed by atoms with Crippen LogP contribution in [0.4, 0.5) is 0 Å². The van der Waals surface area contributed by atoms with E-state index in [1.807, 2.05) is 6.07 Å². The Morgan fingerprint density at radius 1 is 1.50 bits per heavy atom. The first-order valence-corrected chi connectivity index (χ1v) is 6.01. The first-order chi connectivity index (χ1) is 8.81. The fraction of sp³-hybridized carbons (Fsp3) is 0.417. The van der Waals surface area contributed by atoms with Crippen molar-refractivity contribution >= 4 is 0 Å². The van der Waals surface area contributed by atoms with Gasteiger partial charge >= 0.3 is 6.01 Å². The molecule has 1 N–H and O–H groups in total. The average Bonchev–Trinajstić information content (AvgIpc) is 3.12. The molecule has 0 amide bonds. The number of aryl methyl sites for hydroxylation is 1. The molecule has 0 radical (unpaired) electrons. The van der Waals surface area contributed by atoms with Crippen LogP contribution in [0.3, 0.4) is 0 Å². The Labute approximate surface area is 105 Å². The summed E-state index contributed by atoms with van der Waals surface area (Å²) >= 11 is 0. The van der Waals surface area contributed by atoms with Crippen LogP contribution in [0.1, 0.15) is 18.4 Å². The van der Waals surface area contributed by atoms with Crippen molar-refractivity contribution < 1.29 is 4.74 Å². The third kappa shape index (κ3) is 2.65. The predicted molar refractivity (Wildman–Crippen MR) is 65.2 cm³/mol. The first kappa shape index (κ1) is 11.2. The number of nitrogens with zero attached hydrogens (tertiary/aromatic N) is 4. The van der Waals surface area contributed by atoms with Crippen LogP contribution in [-0.4, -0.2) is 25.8 Å². The van der Waals surface area contributed by atoms with Crippen LogP contribution in [-0.2, 0) is 13.6 Å². The van der Waals surface area contributed by atoms with E-state index in [4.69, 9.17) is 4.74 Å². The number of aromatic nitrogens is 4. The lowest BCUT2D eigenvalue weighted by Crippen LogP contribution is -2.15. The van der Waals surface area contributed by atoms with Crippen molar-refractivity contribution in [1.29, 1.82) is 0 Å². The Balaban J connectivity index is 1.73. The maximum Gasteiger partial charge on any atom is 0.341 e. The van der Waals surface area contributed by atoms with E-state index < -0.39 is 0 Å². The Kier molecular flexibility index (Phi) is 2.93. The molecule has 0 aromatic carbocycles. The van der Waals surface area contributed by atoms with E-state index in [1.165, 1.54) is 12.8 Å². The van der Waals surface area contributed by atoms with Crippen molar-refractivity contribution in [3.63, 3.8) is 0 Å². The molecule has 1 fully saturated rings. The number of ether oxygens (including phenoxy) is 1. The summed E-state index contributed by atoms with van der Waals surface area (Å²) in [6, 6.07) is 2.96. The Hall–Kier alpha value is -1.95. The van der Waals surface area contributed by atoms with Crippen LogP contribution in [0.5, 0.6) is 11.8 Å². The number of hydrogen-bond donors (Lipinski definition) is 1. The van der Waals surface area contributed by atoms with Gasteiger partial charge in [0.05, 0.1) is 6.20 Å². The quantitative estimate of drug-likeness (QED) is 0.859. The van der Waals surface area contributed by atoms with Gasteiger partial charge < -0.3 is 10.1 Å². The zero-order valence-electron chi connectivity index (χ0n) is 10.2. The highest BCUT2D eigenvalue weighted by Gasteiger charge is 2.20. The fourth-order valence-corrected chi connectivity index (χ4v) is 1.65. The lowest BCUT2D eigenvalue weighted by atomic mass is 10.2. The third-order valence-electron chi connectivity index (χ3n) is 2.81. The van der Waals surface area contributed by atoms with Gasteiger partial charge in [-0.3, -0.25) is 9.67 Å². The molecule has 0 bridgehead atoms. The highest BCUT2D eigenvalue weighted by atomic mass is 16.5. The van der Waals surface area contributed by atoms with E-state index in [9.17, 15) is 0 Å². The van der Waals surface area contributed by atoms with Crippen LogP contribution in [0.25, 0.3) is 0 Å². The molecule has 18 heavy (non-hydrogen) atoms. The van der Waals surface area contributed by atoms with Gasteiger partial charge in [0.15, 0.2) is 5.75 Å². The summed E-state index contributed by atoms with van der Waals surface area (Å²) in [5, 5.41) is 7.54. The molecule has 1 saturated carbocycles. The van der Waals surface area contributed by atoms with E-state index in [-0.39, 0.29) is 0 Å². The standard InChI is InChI=1S/C12H15N5O/c1-17-8-15-12(16-17)18-11-7-13-5-4-9(11)6-14-10-2-3-10/h4-5,7-8,10,14H,2-3,6H2,1H3. The topological polar surface area (TPSA) is 64.9 Å². The monoisotopic (exact) mass is 245 g/mol. The van der Waals surface area contributed by atoms with Gasteiger partial charge in [0, 0.05) is 31.4 Å². The minimum absolute atomic E-state index is 0.346.